The van der Waals surface area contributed by atoms with Gasteiger partial charge in [-0.05, 0) is 116 Å². The van der Waals surface area contributed by atoms with Crippen LogP contribution in [0.5, 0.6) is 0 Å². The minimum absolute atomic E-state index is 0.285. The van der Waals surface area contributed by atoms with Gasteiger partial charge in [-0.15, -0.1) is 0 Å². The first-order valence-electron chi connectivity index (χ1n) is 19.1. The van der Waals surface area contributed by atoms with Gasteiger partial charge in [0.25, 0.3) is 0 Å². The van der Waals surface area contributed by atoms with Gasteiger partial charge in [-0.1, -0.05) is 170 Å². The number of para-hydroxylation sites is 1. The fourth-order valence-electron chi connectivity index (χ4n) is 9.81. The monoisotopic (exact) mass is 687 g/mol. The Morgan fingerprint density at radius 2 is 0.815 bits per heavy atom. The maximum Gasteiger partial charge on any atom is 0.0663 e. The zero-order valence-electron chi connectivity index (χ0n) is 29.9. The Morgan fingerprint density at radius 3 is 1.39 bits per heavy atom. The molecule has 0 fully saturated rings. The average molecular weight is 688 g/mol. The molecule has 0 saturated heterocycles. The van der Waals surface area contributed by atoms with Crippen molar-refractivity contribution in [2.24, 2.45) is 0 Å². The molecule has 0 radical (unpaired) electrons. The molecule has 0 amide bonds. The molecule has 0 bridgehead atoms. The summed E-state index contributed by atoms with van der Waals surface area (Å²) in [5.74, 6) is 0. The van der Waals surface area contributed by atoms with Gasteiger partial charge in [0, 0.05) is 16.9 Å². The van der Waals surface area contributed by atoms with Crippen molar-refractivity contribution in [3.05, 3.63) is 234 Å². The molecule has 7 aromatic rings. The molecule has 254 valence electrons. The van der Waals surface area contributed by atoms with E-state index in [1.54, 1.807) is 0 Å². The number of nitrogens with zero attached hydrogens (tertiary/aromatic N) is 1. The highest BCUT2D eigenvalue weighted by molar-refractivity contribution is 5.98. The second kappa shape index (κ2) is 12.2. The fourth-order valence-corrected chi connectivity index (χ4v) is 9.81. The molecule has 0 aliphatic heterocycles. The number of fused-ring (bicyclic) bond motifs is 8. The Bertz CT molecular complexity index is 2610. The van der Waals surface area contributed by atoms with Crippen LogP contribution in [0.1, 0.15) is 24.0 Å². The zero-order valence-corrected chi connectivity index (χ0v) is 29.9. The summed E-state index contributed by atoms with van der Waals surface area (Å²) in [7, 11) is 0. The maximum atomic E-state index is 2.45. The lowest BCUT2D eigenvalue weighted by atomic mass is 9.66. The van der Waals surface area contributed by atoms with Gasteiger partial charge in [-0.2, -0.15) is 0 Å². The van der Waals surface area contributed by atoms with Gasteiger partial charge in [0.15, 0.2) is 0 Å². The largest absolute Gasteiger partial charge is 0.310 e. The Kier molecular flexibility index (Phi) is 6.97. The number of anilines is 3. The van der Waals surface area contributed by atoms with Crippen LogP contribution in [0, 0.1) is 0 Å². The van der Waals surface area contributed by atoms with Crippen molar-refractivity contribution in [3.63, 3.8) is 0 Å². The van der Waals surface area contributed by atoms with E-state index in [9.17, 15) is 0 Å². The van der Waals surface area contributed by atoms with Gasteiger partial charge >= 0.3 is 0 Å². The minimum atomic E-state index is -0.285. The van der Waals surface area contributed by atoms with Crippen LogP contribution in [0.15, 0.2) is 223 Å². The summed E-state index contributed by atoms with van der Waals surface area (Å²) >= 11 is 0. The molecule has 0 atom stereocenters. The van der Waals surface area contributed by atoms with Gasteiger partial charge in [0.2, 0.25) is 0 Å². The van der Waals surface area contributed by atoms with E-state index in [2.05, 4.69) is 205 Å². The molecule has 1 spiro atoms. The van der Waals surface area contributed by atoms with E-state index < -0.39 is 0 Å². The summed E-state index contributed by atoms with van der Waals surface area (Å²) in [6.45, 7) is 0. The molecule has 11 rings (SSSR count). The summed E-state index contributed by atoms with van der Waals surface area (Å²) in [5, 5.41) is 0. The maximum absolute atomic E-state index is 2.45. The van der Waals surface area contributed by atoms with Crippen LogP contribution < -0.4 is 4.90 Å². The van der Waals surface area contributed by atoms with Gasteiger partial charge in [0.05, 0.1) is 11.1 Å². The highest BCUT2D eigenvalue weighted by Gasteiger charge is 2.55. The first kappa shape index (κ1) is 30.9. The smallest absolute Gasteiger partial charge is 0.0663 e. The highest BCUT2D eigenvalue weighted by Crippen LogP contribution is 2.67. The van der Waals surface area contributed by atoms with Crippen molar-refractivity contribution in [2.45, 2.75) is 18.3 Å². The van der Waals surface area contributed by atoms with E-state index >= 15 is 0 Å². The standard InChI is InChI=1S/C53H37N/c1-3-14-36(15-4-1)38-28-32-40(33-29-38)54(41-34-30-39(31-35-41)37-16-5-2-6-17-37)51-27-10-8-19-45(51)47-23-11-22-46-44-18-7-9-24-48(44)53(52(46)47)49-25-12-20-42(49)43-21-13-26-50(43)53/h1-24,27-35H,25-26H2. The third-order valence-electron chi connectivity index (χ3n) is 12.0. The van der Waals surface area contributed by atoms with Crippen LogP contribution in [0.2, 0.25) is 0 Å². The number of benzene rings is 7. The Balaban J connectivity index is 1.13. The molecule has 0 heterocycles. The molecular formula is C53H37N. The van der Waals surface area contributed by atoms with E-state index in [1.165, 1.54) is 77.9 Å². The summed E-state index contributed by atoms with van der Waals surface area (Å²) in [4.78, 5) is 2.45. The summed E-state index contributed by atoms with van der Waals surface area (Å²) < 4.78 is 0. The predicted molar refractivity (Wildman–Crippen MR) is 225 cm³/mol. The average Bonchev–Trinajstić information content (AvgIpc) is 4.03. The van der Waals surface area contributed by atoms with Crippen LogP contribution >= 0.6 is 0 Å². The predicted octanol–water partition coefficient (Wildman–Crippen LogP) is 14.0. The fraction of sp³-hybridized carbons (Fsp3) is 0.0566. The lowest BCUT2D eigenvalue weighted by Crippen LogP contribution is -2.29. The molecule has 1 nitrogen and oxygen atoms in total. The molecular weight excluding hydrogens is 651 g/mol. The minimum Gasteiger partial charge on any atom is -0.310 e. The Hall–Kier alpha value is -6.70. The second-order valence-corrected chi connectivity index (χ2v) is 14.7. The quantitative estimate of drug-likeness (QED) is 0.168. The molecule has 54 heavy (non-hydrogen) atoms. The lowest BCUT2D eigenvalue weighted by Gasteiger charge is -2.36. The summed E-state index contributed by atoms with van der Waals surface area (Å²) in [6, 6.07) is 64.7. The third kappa shape index (κ3) is 4.45. The first-order valence-corrected chi connectivity index (χ1v) is 19.1. The van der Waals surface area contributed by atoms with Crippen LogP contribution in [0.3, 0.4) is 0 Å². The summed E-state index contributed by atoms with van der Waals surface area (Å²) in [5.41, 5.74) is 22.0. The number of hydrogen-bond acceptors (Lipinski definition) is 1. The van der Waals surface area contributed by atoms with Crippen molar-refractivity contribution >= 4 is 17.1 Å². The van der Waals surface area contributed by atoms with Crippen molar-refractivity contribution in [1.82, 2.24) is 0 Å². The zero-order chi connectivity index (χ0) is 35.6. The number of rotatable bonds is 6. The van der Waals surface area contributed by atoms with Crippen LogP contribution in [-0.4, -0.2) is 0 Å². The molecule has 4 aliphatic carbocycles. The SMILES string of the molecule is C1=CC2=C(C1)C1(C3=C2C=CC3)c2ccccc2-c2cccc(-c3ccccc3N(c3ccc(-c4ccccc4)cc3)c3ccc(-c4ccccc4)cc3)c21. The van der Waals surface area contributed by atoms with Crippen molar-refractivity contribution < 1.29 is 0 Å². The third-order valence-corrected chi connectivity index (χ3v) is 12.0. The molecule has 4 aliphatic rings. The number of hydrogen-bond donors (Lipinski definition) is 0. The van der Waals surface area contributed by atoms with Crippen LogP contribution in [0.4, 0.5) is 17.1 Å². The Labute approximate surface area is 317 Å². The molecule has 0 N–H and O–H groups in total. The van der Waals surface area contributed by atoms with Crippen molar-refractivity contribution in [1.29, 1.82) is 0 Å². The van der Waals surface area contributed by atoms with Gasteiger partial charge in [0.1, 0.15) is 0 Å². The summed E-state index contributed by atoms with van der Waals surface area (Å²) in [6.07, 6.45) is 11.5. The highest BCUT2D eigenvalue weighted by atomic mass is 15.1. The second-order valence-electron chi connectivity index (χ2n) is 14.7. The van der Waals surface area contributed by atoms with Crippen molar-refractivity contribution in [3.8, 4) is 44.5 Å². The van der Waals surface area contributed by atoms with Crippen molar-refractivity contribution in [2.75, 3.05) is 4.90 Å². The van der Waals surface area contributed by atoms with Gasteiger partial charge < -0.3 is 4.90 Å². The molecule has 7 aromatic carbocycles. The normalized spacial score (nSPS) is 15.5. The molecule has 0 aromatic heterocycles. The molecule has 0 unspecified atom stereocenters. The van der Waals surface area contributed by atoms with Gasteiger partial charge in [-0.3, -0.25) is 0 Å². The molecule has 1 heteroatoms. The molecule has 0 saturated carbocycles. The van der Waals surface area contributed by atoms with Crippen LogP contribution in [0.25, 0.3) is 44.5 Å². The topological polar surface area (TPSA) is 3.24 Å². The van der Waals surface area contributed by atoms with Gasteiger partial charge in [-0.25, -0.2) is 0 Å². The Morgan fingerprint density at radius 1 is 0.370 bits per heavy atom. The van der Waals surface area contributed by atoms with E-state index in [-0.39, 0.29) is 5.41 Å². The number of allylic oxidation sites excluding steroid dienone is 8. The van der Waals surface area contributed by atoms with E-state index in [1.807, 2.05) is 0 Å². The van der Waals surface area contributed by atoms with Crippen LogP contribution in [-0.2, 0) is 5.41 Å². The lowest BCUT2D eigenvalue weighted by molar-refractivity contribution is 0.713. The van der Waals surface area contributed by atoms with E-state index in [0.29, 0.717) is 0 Å². The first-order chi connectivity index (χ1) is 26.8. The van der Waals surface area contributed by atoms with E-state index in [0.717, 1.165) is 29.9 Å². The van der Waals surface area contributed by atoms with E-state index in [4.69, 9.17) is 0 Å².